The van der Waals surface area contributed by atoms with E-state index < -0.39 is 0 Å². The molecule has 0 atom stereocenters. The number of halogens is 2. The molecular weight excluding hydrogens is 392 g/mol. The molecule has 4 nitrogen and oxygen atoms in total. The van der Waals surface area contributed by atoms with E-state index in [0.29, 0.717) is 27.8 Å². The Balaban J connectivity index is 1.74. The number of nitrogens with one attached hydrogen (secondary N) is 1. The van der Waals surface area contributed by atoms with Crippen LogP contribution in [0.2, 0.25) is 5.02 Å². The molecule has 6 heteroatoms. The largest absolute Gasteiger partial charge is 0.456 e. The van der Waals surface area contributed by atoms with Crippen molar-refractivity contribution in [2.75, 3.05) is 5.32 Å². The van der Waals surface area contributed by atoms with Crippen molar-refractivity contribution >= 4 is 39.1 Å². The predicted octanol–water partition coefficient (Wildman–Crippen LogP) is 5.54. The third-order valence-electron chi connectivity index (χ3n) is 3.09. The fraction of sp³-hybridized carbons (Fsp3) is 0. The number of pyridine rings is 1. The van der Waals surface area contributed by atoms with Crippen molar-refractivity contribution in [2.45, 2.75) is 0 Å². The van der Waals surface area contributed by atoms with Gasteiger partial charge in [-0.15, -0.1) is 0 Å². The topological polar surface area (TPSA) is 51.2 Å². The zero-order valence-electron chi connectivity index (χ0n) is 12.4. The minimum atomic E-state index is -0.196. The third-order valence-corrected chi connectivity index (χ3v) is 3.79. The predicted molar refractivity (Wildman–Crippen MR) is 97.9 cm³/mol. The van der Waals surface area contributed by atoms with E-state index >= 15 is 0 Å². The Kier molecular flexibility index (Phi) is 5.13. The lowest BCUT2D eigenvalue weighted by atomic mass is 10.2. The van der Waals surface area contributed by atoms with Crippen LogP contribution < -0.4 is 10.1 Å². The van der Waals surface area contributed by atoms with E-state index in [1.807, 2.05) is 12.1 Å². The number of hydrogen-bond acceptors (Lipinski definition) is 3. The lowest BCUT2D eigenvalue weighted by Gasteiger charge is -2.09. The first-order valence-electron chi connectivity index (χ1n) is 7.05. The van der Waals surface area contributed by atoms with Crippen LogP contribution in [0.1, 0.15) is 10.4 Å². The van der Waals surface area contributed by atoms with Crippen molar-refractivity contribution in [1.29, 1.82) is 0 Å². The molecule has 0 aliphatic heterocycles. The Labute approximate surface area is 152 Å². The van der Waals surface area contributed by atoms with Gasteiger partial charge in [0, 0.05) is 34.1 Å². The Morgan fingerprint density at radius 3 is 2.67 bits per heavy atom. The molecule has 0 bridgehead atoms. The van der Waals surface area contributed by atoms with E-state index in [9.17, 15) is 4.79 Å². The number of nitrogens with zero attached hydrogens (tertiary/aromatic N) is 1. The number of rotatable bonds is 4. The lowest BCUT2D eigenvalue weighted by Crippen LogP contribution is -2.11. The van der Waals surface area contributed by atoms with E-state index in [0.717, 1.165) is 4.47 Å². The summed E-state index contributed by atoms with van der Waals surface area (Å²) in [5.74, 6) is 0.905. The normalized spacial score (nSPS) is 10.2. The molecule has 0 fully saturated rings. The summed E-state index contributed by atoms with van der Waals surface area (Å²) in [4.78, 5) is 16.2. The first kappa shape index (κ1) is 16.5. The van der Waals surface area contributed by atoms with Gasteiger partial charge >= 0.3 is 0 Å². The minimum absolute atomic E-state index is 0.196. The number of amides is 1. The average molecular weight is 404 g/mol. The molecule has 1 aromatic heterocycles. The van der Waals surface area contributed by atoms with Gasteiger partial charge in [-0.25, -0.2) is 0 Å². The molecule has 3 rings (SSSR count). The standard InChI is InChI=1S/C18H12BrClN2O2/c19-13-4-1-3-12(7-13)18(23)22-15-5-2-6-16(9-15)24-17-8-14(20)10-21-11-17/h1-11H,(H,22,23). The fourth-order valence-corrected chi connectivity index (χ4v) is 2.62. The van der Waals surface area contributed by atoms with Crippen molar-refractivity contribution in [3.05, 3.63) is 82.0 Å². The third kappa shape index (κ3) is 4.34. The highest BCUT2D eigenvalue weighted by atomic mass is 79.9. The summed E-state index contributed by atoms with van der Waals surface area (Å²) in [5.41, 5.74) is 1.20. The molecular formula is C18H12BrClN2O2. The van der Waals surface area contributed by atoms with Gasteiger partial charge in [0.1, 0.15) is 11.5 Å². The van der Waals surface area contributed by atoms with Crippen molar-refractivity contribution in [3.63, 3.8) is 0 Å². The summed E-state index contributed by atoms with van der Waals surface area (Å²) < 4.78 is 6.55. The molecule has 2 aromatic carbocycles. The number of hydrogen-bond donors (Lipinski definition) is 1. The molecule has 0 radical (unpaired) electrons. The fourth-order valence-electron chi connectivity index (χ4n) is 2.05. The van der Waals surface area contributed by atoms with Gasteiger partial charge in [-0.2, -0.15) is 0 Å². The molecule has 1 amide bonds. The molecule has 1 N–H and O–H groups in total. The molecule has 120 valence electrons. The van der Waals surface area contributed by atoms with Crippen molar-refractivity contribution in [2.24, 2.45) is 0 Å². The molecule has 0 aliphatic carbocycles. The molecule has 0 unspecified atom stereocenters. The zero-order valence-corrected chi connectivity index (χ0v) is 14.7. The summed E-state index contributed by atoms with van der Waals surface area (Å²) in [6.45, 7) is 0. The van der Waals surface area contributed by atoms with Gasteiger partial charge in [-0.3, -0.25) is 9.78 Å². The number of anilines is 1. The number of benzene rings is 2. The highest BCUT2D eigenvalue weighted by Gasteiger charge is 2.07. The van der Waals surface area contributed by atoms with Gasteiger partial charge in [0.15, 0.2) is 0 Å². The highest BCUT2D eigenvalue weighted by Crippen LogP contribution is 2.25. The second kappa shape index (κ2) is 7.47. The SMILES string of the molecule is O=C(Nc1cccc(Oc2cncc(Cl)c2)c1)c1cccc(Br)c1. The molecule has 0 saturated heterocycles. The van der Waals surface area contributed by atoms with Crippen LogP contribution >= 0.6 is 27.5 Å². The van der Waals surface area contributed by atoms with Crippen molar-refractivity contribution in [3.8, 4) is 11.5 Å². The Morgan fingerprint density at radius 2 is 1.88 bits per heavy atom. The second-order valence-corrected chi connectivity index (χ2v) is 6.29. The Bertz CT molecular complexity index is 886. The Morgan fingerprint density at radius 1 is 1.04 bits per heavy atom. The van der Waals surface area contributed by atoms with Gasteiger partial charge in [-0.1, -0.05) is 39.7 Å². The summed E-state index contributed by atoms with van der Waals surface area (Å²) in [7, 11) is 0. The van der Waals surface area contributed by atoms with Crippen LogP contribution in [0.25, 0.3) is 0 Å². The summed E-state index contributed by atoms with van der Waals surface area (Å²) in [6, 6.07) is 16.0. The van der Waals surface area contributed by atoms with E-state index in [1.54, 1.807) is 48.7 Å². The lowest BCUT2D eigenvalue weighted by molar-refractivity contribution is 0.102. The number of aromatic nitrogens is 1. The molecule has 0 aliphatic rings. The first-order valence-corrected chi connectivity index (χ1v) is 8.23. The molecule has 0 spiro atoms. The van der Waals surface area contributed by atoms with Crippen LogP contribution in [-0.2, 0) is 0 Å². The van der Waals surface area contributed by atoms with Crippen molar-refractivity contribution in [1.82, 2.24) is 4.98 Å². The zero-order chi connectivity index (χ0) is 16.9. The van der Waals surface area contributed by atoms with Crippen LogP contribution in [0.4, 0.5) is 5.69 Å². The summed E-state index contributed by atoms with van der Waals surface area (Å²) >= 11 is 9.24. The maximum absolute atomic E-state index is 12.3. The van der Waals surface area contributed by atoms with E-state index in [2.05, 4.69) is 26.2 Å². The van der Waals surface area contributed by atoms with E-state index in [4.69, 9.17) is 16.3 Å². The van der Waals surface area contributed by atoms with E-state index in [-0.39, 0.29) is 5.91 Å². The average Bonchev–Trinajstić information content (AvgIpc) is 2.55. The monoisotopic (exact) mass is 402 g/mol. The summed E-state index contributed by atoms with van der Waals surface area (Å²) in [6.07, 6.45) is 3.10. The highest BCUT2D eigenvalue weighted by molar-refractivity contribution is 9.10. The number of carbonyl (C=O) groups is 1. The molecule has 24 heavy (non-hydrogen) atoms. The van der Waals surface area contributed by atoms with Crippen molar-refractivity contribution < 1.29 is 9.53 Å². The van der Waals surface area contributed by atoms with Crippen LogP contribution in [-0.4, -0.2) is 10.9 Å². The number of ether oxygens (including phenoxy) is 1. The Hall–Kier alpha value is -2.37. The quantitative estimate of drug-likeness (QED) is 0.622. The van der Waals surface area contributed by atoms with Gasteiger partial charge in [0.2, 0.25) is 0 Å². The van der Waals surface area contributed by atoms with Crippen LogP contribution in [0.5, 0.6) is 11.5 Å². The maximum Gasteiger partial charge on any atom is 0.255 e. The molecule has 0 saturated carbocycles. The van der Waals surface area contributed by atoms with Gasteiger partial charge in [0.05, 0.1) is 11.2 Å². The van der Waals surface area contributed by atoms with Crippen LogP contribution in [0.3, 0.4) is 0 Å². The van der Waals surface area contributed by atoms with E-state index in [1.165, 1.54) is 6.20 Å². The second-order valence-electron chi connectivity index (χ2n) is 4.93. The van der Waals surface area contributed by atoms with Gasteiger partial charge < -0.3 is 10.1 Å². The first-order chi connectivity index (χ1) is 11.6. The number of carbonyl (C=O) groups excluding carboxylic acids is 1. The smallest absolute Gasteiger partial charge is 0.255 e. The van der Waals surface area contributed by atoms with Crippen LogP contribution in [0, 0.1) is 0 Å². The molecule has 3 aromatic rings. The maximum atomic E-state index is 12.3. The van der Waals surface area contributed by atoms with Gasteiger partial charge in [0.25, 0.3) is 5.91 Å². The molecule has 1 heterocycles. The van der Waals surface area contributed by atoms with Gasteiger partial charge in [-0.05, 0) is 30.3 Å². The summed E-state index contributed by atoms with van der Waals surface area (Å²) in [5, 5.41) is 3.33. The van der Waals surface area contributed by atoms with Crippen LogP contribution in [0.15, 0.2) is 71.5 Å². The minimum Gasteiger partial charge on any atom is -0.456 e.